The molecule has 0 saturated carbocycles. The number of amides is 3. The van der Waals surface area contributed by atoms with Crippen molar-refractivity contribution in [1.82, 2.24) is 16.0 Å². The van der Waals surface area contributed by atoms with Crippen molar-refractivity contribution in [3.05, 3.63) is 71.8 Å². The van der Waals surface area contributed by atoms with Crippen LogP contribution in [0.3, 0.4) is 0 Å². The van der Waals surface area contributed by atoms with Gasteiger partial charge in [-0.25, -0.2) is 4.79 Å². The number of hydrogen-bond donors (Lipinski definition) is 3. The molecule has 2 aromatic rings. The van der Waals surface area contributed by atoms with E-state index in [2.05, 4.69) is 16.0 Å². The molecule has 180 valence electrons. The van der Waals surface area contributed by atoms with Crippen LogP contribution in [0.5, 0.6) is 0 Å². The molecule has 0 radical (unpaired) electrons. The molecule has 3 rings (SSSR count). The third-order valence-corrected chi connectivity index (χ3v) is 5.72. The molecular weight excluding hydrogens is 434 g/mol. The maximum atomic E-state index is 13.0. The summed E-state index contributed by atoms with van der Waals surface area (Å²) in [6, 6.07) is 15.8. The van der Waals surface area contributed by atoms with Crippen LogP contribution >= 0.6 is 0 Å². The summed E-state index contributed by atoms with van der Waals surface area (Å²) in [6.07, 6.45) is 0.145. The van der Waals surface area contributed by atoms with Gasteiger partial charge in [0.05, 0.1) is 6.42 Å². The van der Waals surface area contributed by atoms with Gasteiger partial charge in [-0.1, -0.05) is 67.6 Å². The summed E-state index contributed by atoms with van der Waals surface area (Å²) in [5, 5.41) is 8.12. The fourth-order valence-corrected chi connectivity index (χ4v) is 3.75. The Balaban J connectivity index is 1.84. The molecule has 1 saturated heterocycles. The van der Waals surface area contributed by atoms with Crippen molar-refractivity contribution in [2.45, 2.75) is 63.8 Å². The number of hydrogen-bond acceptors (Lipinski definition) is 5. The second-order valence-corrected chi connectivity index (χ2v) is 8.46. The maximum Gasteiger partial charge on any atom is 0.329 e. The first-order valence-electron chi connectivity index (χ1n) is 11.5. The number of ether oxygens (including phenoxy) is 1. The van der Waals surface area contributed by atoms with Gasteiger partial charge in [0.25, 0.3) is 0 Å². The van der Waals surface area contributed by atoms with Crippen molar-refractivity contribution in [2.75, 3.05) is 0 Å². The number of rotatable bonds is 5. The summed E-state index contributed by atoms with van der Waals surface area (Å²) < 4.78 is 5.61. The van der Waals surface area contributed by atoms with Crippen LogP contribution in [0.15, 0.2) is 60.7 Å². The first-order chi connectivity index (χ1) is 16.4. The van der Waals surface area contributed by atoms with Crippen LogP contribution in [0.1, 0.15) is 37.8 Å². The second kappa shape index (κ2) is 12.0. The molecule has 8 nitrogen and oxygen atoms in total. The zero-order valence-corrected chi connectivity index (χ0v) is 19.5. The highest BCUT2D eigenvalue weighted by atomic mass is 16.5. The highest BCUT2D eigenvalue weighted by Crippen LogP contribution is 2.12. The van der Waals surface area contributed by atoms with Gasteiger partial charge in [-0.05, 0) is 24.5 Å². The SMILES string of the molecule is CC[C@@H]1CC(=O)N[C@@H](Cc2ccccc2)C(=O)N[C@@H](C)C(=O)N[C@H](Cc2ccccc2)C(=O)O1. The quantitative estimate of drug-likeness (QED) is 0.582. The Bertz CT molecular complexity index is 996. The Kier molecular flexibility index (Phi) is 8.79. The summed E-state index contributed by atoms with van der Waals surface area (Å²) in [5.74, 6) is -2.00. The first kappa shape index (κ1) is 25.0. The number of carbonyl (C=O) groups is 4. The summed E-state index contributed by atoms with van der Waals surface area (Å²) >= 11 is 0. The molecule has 34 heavy (non-hydrogen) atoms. The Hall–Kier alpha value is -3.68. The van der Waals surface area contributed by atoms with Crippen LogP contribution < -0.4 is 16.0 Å². The number of esters is 1. The number of nitrogens with one attached hydrogen (secondary N) is 3. The van der Waals surface area contributed by atoms with E-state index >= 15 is 0 Å². The monoisotopic (exact) mass is 465 g/mol. The van der Waals surface area contributed by atoms with E-state index in [-0.39, 0.29) is 19.3 Å². The van der Waals surface area contributed by atoms with E-state index in [4.69, 9.17) is 4.74 Å². The van der Waals surface area contributed by atoms with Gasteiger partial charge in [-0.3, -0.25) is 14.4 Å². The van der Waals surface area contributed by atoms with Crippen LogP contribution in [0.4, 0.5) is 0 Å². The average Bonchev–Trinajstić information content (AvgIpc) is 2.83. The van der Waals surface area contributed by atoms with Crippen LogP contribution in [-0.4, -0.2) is 47.9 Å². The fraction of sp³-hybridized carbons (Fsp3) is 0.385. The highest BCUT2D eigenvalue weighted by Gasteiger charge is 2.31. The Morgan fingerprint density at radius 1 is 0.765 bits per heavy atom. The normalized spacial score (nSPS) is 24.4. The van der Waals surface area contributed by atoms with Gasteiger partial charge in [0, 0.05) is 12.8 Å². The van der Waals surface area contributed by atoms with Gasteiger partial charge in [-0.15, -0.1) is 0 Å². The van der Waals surface area contributed by atoms with E-state index in [1.165, 1.54) is 6.92 Å². The first-order valence-corrected chi connectivity index (χ1v) is 11.5. The lowest BCUT2D eigenvalue weighted by atomic mass is 10.0. The van der Waals surface area contributed by atoms with E-state index in [9.17, 15) is 19.2 Å². The zero-order chi connectivity index (χ0) is 24.5. The molecule has 1 fully saturated rings. The zero-order valence-electron chi connectivity index (χ0n) is 19.5. The van der Waals surface area contributed by atoms with E-state index in [0.717, 1.165) is 11.1 Å². The molecule has 3 N–H and O–H groups in total. The van der Waals surface area contributed by atoms with E-state index < -0.39 is 47.9 Å². The van der Waals surface area contributed by atoms with Gasteiger partial charge in [0.15, 0.2) is 0 Å². The van der Waals surface area contributed by atoms with Crippen molar-refractivity contribution in [1.29, 1.82) is 0 Å². The average molecular weight is 466 g/mol. The van der Waals surface area contributed by atoms with Gasteiger partial charge < -0.3 is 20.7 Å². The van der Waals surface area contributed by atoms with Gasteiger partial charge >= 0.3 is 5.97 Å². The predicted molar refractivity (Wildman–Crippen MR) is 127 cm³/mol. The molecule has 0 unspecified atom stereocenters. The van der Waals surface area contributed by atoms with Gasteiger partial charge in [0.2, 0.25) is 17.7 Å². The number of carbonyl (C=O) groups excluding carboxylic acids is 4. The van der Waals surface area contributed by atoms with Gasteiger partial charge in [0.1, 0.15) is 24.2 Å². The smallest absolute Gasteiger partial charge is 0.329 e. The molecule has 0 aromatic heterocycles. The largest absolute Gasteiger partial charge is 0.460 e. The molecule has 1 aliphatic heterocycles. The molecule has 0 aliphatic carbocycles. The van der Waals surface area contributed by atoms with Crippen LogP contribution in [-0.2, 0) is 36.8 Å². The topological polar surface area (TPSA) is 114 Å². The Morgan fingerprint density at radius 3 is 1.88 bits per heavy atom. The lowest BCUT2D eigenvalue weighted by Gasteiger charge is -2.23. The van der Waals surface area contributed by atoms with Crippen molar-refractivity contribution < 1.29 is 23.9 Å². The number of cyclic esters (lactones) is 1. The van der Waals surface area contributed by atoms with Crippen LogP contribution in [0.25, 0.3) is 0 Å². The molecule has 0 spiro atoms. The Labute approximate surface area is 199 Å². The third-order valence-electron chi connectivity index (χ3n) is 5.72. The maximum absolute atomic E-state index is 13.0. The summed E-state index contributed by atoms with van der Waals surface area (Å²) in [5.41, 5.74) is 1.71. The minimum atomic E-state index is -0.952. The molecule has 8 heteroatoms. The van der Waals surface area contributed by atoms with E-state index in [0.29, 0.717) is 6.42 Å². The molecule has 1 heterocycles. The fourth-order valence-electron chi connectivity index (χ4n) is 3.75. The Morgan fingerprint density at radius 2 is 1.32 bits per heavy atom. The predicted octanol–water partition coefficient (Wildman–Crippen LogP) is 1.67. The van der Waals surface area contributed by atoms with Crippen molar-refractivity contribution in [3.63, 3.8) is 0 Å². The summed E-state index contributed by atoms with van der Waals surface area (Å²) in [4.78, 5) is 51.6. The van der Waals surface area contributed by atoms with Crippen molar-refractivity contribution in [3.8, 4) is 0 Å². The van der Waals surface area contributed by atoms with Crippen LogP contribution in [0.2, 0.25) is 0 Å². The molecule has 4 atom stereocenters. The van der Waals surface area contributed by atoms with Crippen LogP contribution in [0, 0.1) is 0 Å². The summed E-state index contributed by atoms with van der Waals surface area (Å²) in [7, 11) is 0. The minimum absolute atomic E-state index is 0.0810. The van der Waals surface area contributed by atoms with Gasteiger partial charge in [-0.2, -0.15) is 0 Å². The highest BCUT2D eigenvalue weighted by molar-refractivity contribution is 5.94. The van der Waals surface area contributed by atoms with Crippen molar-refractivity contribution >= 4 is 23.7 Å². The lowest BCUT2D eigenvalue weighted by Crippen LogP contribution is -2.55. The minimum Gasteiger partial charge on any atom is -0.460 e. The molecular formula is C26H31N3O5. The summed E-state index contributed by atoms with van der Waals surface area (Å²) in [6.45, 7) is 3.35. The third kappa shape index (κ3) is 7.16. The lowest BCUT2D eigenvalue weighted by molar-refractivity contribution is -0.154. The molecule has 1 aliphatic rings. The molecule has 2 aromatic carbocycles. The molecule has 0 bridgehead atoms. The standard InChI is InChI=1S/C26H31N3O5/c1-3-20-16-23(30)28-21(14-18-10-6-4-7-11-18)25(32)27-17(2)24(31)29-22(26(33)34-20)15-19-12-8-5-9-13-19/h4-13,17,20-22H,3,14-16H2,1-2H3,(H,27,32)(H,28,30)(H,29,31)/t17-,20+,21-,22+/m0/s1. The number of benzene rings is 2. The van der Waals surface area contributed by atoms with Crippen molar-refractivity contribution in [2.24, 2.45) is 0 Å². The van der Waals surface area contributed by atoms with E-state index in [1.807, 2.05) is 67.6 Å². The molecule has 3 amide bonds. The second-order valence-electron chi connectivity index (χ2n) is 8.46. The van der Waals surface area contributed by atoms with E-state index in [1.54, 1.807) is 0 Å².